The van der Waals surface area contributed by atoms with Gasteiger partial charge in [0.05, 0.1) is 5.69 Å². The van der Waals surface area contributed by atoms with E-state index in [9.17, 15) is 9.59 Å². The Balaban J connectivity index is 2.36. The molecule has 3 nitrogen and oxygen atoms in total. The summed E-state index contributed by atoms with van der Waals surface area (Å²) in [6, 6.07) is 9.36. The van der Waals surface area contributed by atoms with Crippen LogP contribution in [-0.4, -0.2) is 11.8 Å². The summed E-state index contributed by atoms with van der Waals surface area (Å²) in [4.78, 5) is 25.2. The molecule has 0 atom stereocenters. The van der Waals surface area contributed by atoms with E-state index in [0.717, 1.165) is 16.3 Å². The van der Waals surface area contributed by atoms with Gasteiger partial charge in [-0.05, 0) is 18.1 Å². The van der Waals surface area contributed by atoms with Crippen molar-refractivity contribution in [3.63, 3.8) is 0 Å². The summed E-state index contributed by atoms with van der Waals surface area (Å²) < 4.78 is 0. The predicted octanol–water partition coefficient (Wildman–Crippen LogP) is 3.49. The zero-order valence-electron chi connectivity index (χ0n) is 10.9. The van der Waals surface area contributed by atoms with E-state index in [0.29, 0.717) is 17.1 Å². The molecule has 0 aliphatic carbocycles. The first-order valence-corrected chi connectivity index (χ1v) is 6.77. The Bertz CT molecular complexity index is 746. The number of nitrogens with zero attached hydrogens (tertiary/aromatic N) is 1. The average molecular weight is 286 g/mol. The van der Waals surface area contributed by atoms with Gasteiger partial charge < -0.3 is 0 Å². The second-order valence-corrected chi connectivity index (χ2v) is 5.02. The number of benzene rings is 2. The van der Waals surface area contributed by atoms with Gasteiger partial charge in [-0.1, -0.05) is 42.8 Å². The Hall–Kier alpha value is -2.13. The monoisotopic (exact) mass is 285 g/mol. The molecule has 0 bridgehead atoms. The fourth-order valence-corrected chi connectivity index (χ4v) is 2.82. The van der Waals surface area contributed by atoms with Crippen LogP contribution in [0.15, 0.2) is 42.5 Å². The molecule has 20 heavy (non-hydrogen) atoms. The van der Waals surface area contributed by atoms with E-state index in [1.54, 1.807) is 0 Å². The molecule has 0 spiro atoms. The van der Waals surface area contributed by atoms with Gasteiger partial charge in [-0.3, -0.25) is 9.59 Å². The van der Waals surface area contributed by atoms with Crippen LogP contribution in [-0.2, 0) is 16.0 Å². The van der Waals surface area contributed by atoms with Crippen molar-refractivity contribution in [3.8, 4) is 0 Å². The molecule has 2 aromatic rings. The van der Waals surface area contributed by atoms with E-state index in [1.807, 2.05) is 37.3 Å². The van der Waals surface area contributed by atoms with E-state index in [1.165, 1.54) is 17.1 Å². The number of rotatable bonds is 2. The SMILES string of the molecule is CCc1cc(Cl)c2ccccc2c1N1C(=O)C=CC1=O. The molecule has 0 fully saturated rings. The fourth-order valence-electron chi connectivity index (χ4n) is 2.52. The van der Waals surface area contributed by atoms with Gasteiger partial charge >= 0.3 is 0 Å². The maximum absolute atomic E-state index is 12.0. The number of hydrogen-bond donors (Lipinski definition) is 0. The molecule has 1 aliphatic rings. The Labute approximate surface area is 121 Å². The normalized spacial score (nSPS) is 14.6. The van der Waals surface area contributed by atoms with Crippen LogP contribution in [0.3, 0.4) is 0 Å². The number of carbonyl (C=O) groups excluding carboxylic acids is 2. The average Bonchev–Trinajstić information content (AvgIpc) is 2.78. The number of fused-ring (bicyclic) bond motifs is 1. The van der Waals surface area contributed by atoms with Crippen molar-refractivity contribution >= 4 is 39.9 Å². The van der Waals surface area contributed by atoms with Gasteiger partial charge in [-0.25, -0.2) is 4.90 Å². The molecule has 2 aromatic carbocycles. The number of aryl methyl sites for hydroxylation is 1. The predicted molar refractivity (Wildman–Crippen MR) is 80.0 cm³/mol. The quantitative estimate of drug-likeness (QED) is 0.792. The maximum atomic E-state index is 12.0. The lowest BCUT2D eigenvalue weighted by molar-refractivity contribution is -0.119. The number of carbonyl (C=O) groups is 2. The van der Waals surface area contributed by atoms with Crippen molar-refractivity contribution in [1.82, 2.24) is 0 Å². The zero-order valence-corrected chi connectivity index (χ0v) is 11.6. The van der Waals surface area contributed by atoms with E-state index in [4.69, 9.17) is 11.6 Å². The highest BCUT2D eigenvalue weighted by molar-refractivity contribution is 6.37. The van der Waals surface area contributed by atoms with Gasteiger partial charge in [0.15, 0.2) is 0 Å². The van der Waals surface area contributed by atoms with Gasteiger partial charge in [-0.15, -0.1) is 0 Å². The molecule has 100 valence electrons. The first-order valence-electron chi connectivity index (χ1n) is 6.39. The van der Waals surface area contributed by atoms with Crippen LogP contribution >= 0.6 is 11.6 Å². The van der Waals surface area contributed by atoms with Crippen LogP contribution in [0.5, 0.6) is 0 Å². The zero-order chi connectivity index (χ0) is 14.3. The molecule has 0 saturated heterocycles. The van der Waals surface area contributed by atoms with Crippen molar-refractivity contribution in [2.24, 2.45) is 0 Å². The van der Waals surface area contributed by atoms with Gasteiger partial charge in [0.25, 0.3) is 11.8 Å². The summed E-state index contributed by atoms with van der Waals surface area (Å²) in [6.07, 6.45) is 3.28. The summed E-state index contributed by atoms with van der Waals surface area (Å²) in [6.45, 7) is 1.97. The van der Waals surface area contributed by atoms with Crippen LogP contribution in [0.2, 0.25) is 5.02 Å². The first-order chi connectivity index (χ1) is 9.63. The topological polar surface area (TPSA) is 37.4 Å². The van der Waals surface area contributed by atoms with Crippen LogP contribution in [0.25, 0.3) is 10.8 Å². The molecule has 0 aromatic heterocycles. The Morgan fingerprint density at radius 2 is 1.65 bits per heavy atom. The first kappa shape index (κ1) is 12.9. The minimum atomic E-state index is -0.308. The molecule has 1 aliphatic heterocycles. The minimum absolute atomic E-state index is 0.308. The lowest BCUT2D eigenvalue weighted by atomic mass is 10.0. The number of hydrogen-bond acceptors (Lipinski definition) is 2. The highest BCUT2D eigenvalue weighted by Crippen LogP contribution is 2.37. The van der Waals surface area contributed by atoms with Gasteiger partial charge in [0.1, 0.15) is 0 Å². The van der Waals surface area contributed by atoms with Crippen LogP contribution in [0.4, 0.5) is 5.69 Å². The smallest absolute Gasteiger partial charge is 0.258 e. The van der Waals surface area contributed by atoms with E-state index in [-0.39, 0.29) is 11.8 Å². The summed E-state index contributed by atoms with van der Waals surface area (Å²) in [5.41, 5.74) is 1.53. The Morgan fingerprint density at radius 3 is 2.25 bits per heavy atom. The van der Waals surface area contributed by atoms with Gasteiger partial charge in [0, 0.05) is 27.9 Å². The maximum Gasteiger partial charge on any atom is 0.258 e. The van der Waals surface area contributed by atoms with E-state index >= 15 is 0 Å². The van der Waals surface area contributed by atoms with Gasteiger partial charge in [-0.2, -0.15) is 0 Å². The van der Waals surface area contributed by atoms with Crippen molar-refractivity contribution < 1.29 is 9.59 Å². The molecule has 1 heterocycles. The van der Waals surface area contributed by atoms with E-state index in [2.05, 4.69) is 0 Å². The second kappa shape index (κ2) is 4.76. The standard InChI is InChI=1S/C16H12ClNO2/c1-2-10-9-13(17)11-5-3-4-6-12(11)16(10)18-14(19)7-8-15(18)20/h3-9H,2H2,1H3. The minimum Gasteiger partial charge on any atom is -0.269 e. The highest BCUT2D eigenvalue weighted by atomic mass is 35.5. The molecule has 2 amide bonds. The lowest BCUT2D eigenvalue weighted by Crippen LogP contribution is -2.30. The third-order valence-corrected chi connectivity index (χ3v) is 3.77. The number of anilines is 1. The molecular formula is C16H12ClNO2. The highest BCUT2D eigenvalue weighted by Gasteiger charge is 2.28. The van der Waals surface area contributed by atoms with Crippen LogP contribution in [0, 0.1) is 0 Å². The van der Waals surface area contributed by atoms with Crippen molar-refractivity contribution in [3.05, 3.63) is 53.1 Å². The third-order valence-electron chi connectivity index (χ3n) is 3.46. The van der Waals surface area contributed by atoms with E-state index < -0.39 is 0 Å². The summed E-state index contributed by atoms with van der Waals surface area (Å²) in [5.74, 6) is -0.616. The van der Waals surface area contributed by atoms with Crippen molar-refractivity contribution in [2.75, 3.05) is 4.90 Å². The molecule has 4 heteroatoms. The van der Waals surface area contributed by atoms with Gasteiger partial charge in [0.2, 0.25) is 0 Å². The largest absolute Gasteiger partial charge is 0.269 e. The molecule has 0 radical (unpaired) electrons. The number of amides is 2. The lowest BCUT2D eigenvalue weighted by Gasteiger charge is -2.21. The van der Waals surface area contributed by atoms with Crippen molar-refractivity contribution in [1.29, 1.82) is 0 Å². The summed E-state index contributed by atoms with van der Waals surface area (Å²) in [5, 5.41) is 2.30. The van der Waals surface area contributed by atoms with Crippen LogP contribution in [0.1, 0.15) is 12.5 Å². The molecular weight excluding hydrogens is 274 g/mol. The summed E-state index contributed by atoms with van der Waals surface area (Å²) in [7, 11) is 0. The molecule has 0 N–H and O–H groups in total. The Kier molecular flexibility index (Phi) is 3.07. The van der Waals surface area contributed by atoms with Crippen LogP contribution < -0.4 is 4.90 Å². The number of imide groups is 1. The van der Waals surface area contributed by atoms with Crippen molar-refractivity contribution in [2.45, 2.75) is 13.3 Å². The number of halogens is 1. The summed E-state index contributed by atoms with van der Waals surface area (Å²) >= 11 is 6.29. The molecule has 0 unspecified atom stereocenters. The third kappa shape index (κ3) is 1.82. The Morgan fingerprint density at radius 1 is 1.05 bits per heavy atom. The molecule has 3 rings (SSSR count). The molecule has 0 saturated carbocycles. The fraction of sp³-hybridized carbons (Fsp3) is 0.125. The second-order valence-electron chi connectivity index (χ2n) is 4.61.